The molecule has 0 bridgehead atoms. The number of nitrogens with one attached hydrogen (secondary N) is 1. The van der Waals surface area contributed by atoms with Crippen LogP contribution in [0.4, 0.5) is 5.69 Å². The lowest BCUT2D eigenvalue weighted by Crippen LogP contribution is -2.30. The predicted molar refractivity (Wildman–Crippen MR) is 114 cm³/mol. The van der Waals surface area contributed by atoms with E-state index in [1.165, 1.54) is 0 Å². The molecule has 1 N–H and O–H groups in total. The van der Waals surface area contributed by atoms with Crippen molar-refractivity contribution in [3.63, 3.8) is 0 Å². The van der Waals surface area contributed by atoms with Crippen LogP contribution in [-0.4, -0.2) is 32.3 Å². The van der Waals surface area contributed by atoms with E-state index < -0.39 is 10.0 Å². The maximum Gasteiger partial charge on any atom is 0.262 e. The Labute approximate surface area is 168 Å². The van der Waals surface area contributed by atoms with Crippen LogP contribution in [0.2, 0.25) is 0 Å². The molecule has 0 fully saturated rings. The molecule has 2 aromatic rings. The molecular formula is C22H30N2O3S. The largest absolute Gasteiger partial charge is 0.339 e. The van der Waals surface area contributed by atoms with Gasteiger partial charge in [-0.3, -0.25) is 9.52 Å². The number of carbonyl (C=O) groups is 1. The number of sulfonamides is 1. The van der Waals surface area contributed by atoms with Gasteiger partial charge >= 0.3 is 0 Å². The van der Waals surface area contributed by atoms with Crippen LogP contribution in [0.25, 0.3) is 0 Å². The van der Waals surface area contributed by atoms with Crippen molar-refractivity contribution in [3.8, 4) is 0 Å². The SMILES string of the molecule is CCN(CC)C(=O)c1cccc(NS(=O)(=O)c2cc(C(C)(C)C)ccc2C)c1. The van der Waals surface area contributed by atoms with Crippen LogP contribution in [0.3, 0.4) is 0 Å². The molecule has 0 saturated heterocycles. The Balaban J connectivity index is 2.38. The van der Waals surface area contributed by atoms with Gasteiger partial charge in [-0.05, 0) is 61.6 Å². The normalized spacial score (nSPS) is 11.9. The Hall–Kier alpha value is -2.34. The number of hydrogen-bond acceptors (Lipinski definition) is 3. The van der Waals surface area contributed by atoms with Crippen LogP contribution >= 0.6 is 0 Å². The zero-order valence-electron chi connectivity index (χ0n) is 17.5. The lowest BCUT2D eigenvalue weighted by atomic mass is 9.87. The maximum atomic E-state index is 13.0. The highest BCUT2D eigenvalue weighted by Crippen LogP contribution is 2.28. The summed E-state index contributed by atoms with van der Waals surface area (Å²) in [6, 6.07) is 12.1. The summed E-state index contributed by atoms with van der Waals surface area (Å²) in [6.07, 6.45) is 0. The van der Waals surface area contributed by atoms with E-state index in [0.29, 0.717) is 29.9 Å². The lowest BCUT2D eigenvalue weighted by molar-refractivity contribution is 0.0773. The molecule has 0 aliphatic carbocycles. The van der Waals surface area contributed by atoms with Gasteiger partial charge in [0.1, 0.15) is 0 Å². The van der Waals surface area contributed by atoms with Crippen molar-refractivity contribution in [2.75, 3.05) is 17.8 Å². The predicted octanol–water partition coefficient (Wildman–Crippen LogP) is 4.58. The highest BCUT2D eigenvalue weighted by molar-refractivity contribution is 7.92. The quantitative estimate of drug-likeness (QED) is 0.769. The number of hydrogen-bond donors (Lipinski definition) is 1. The summed E-state index contributed by atoms with van der Waals surface area (Å²) in [5.41, 5.74) is 2.30. The zero-order valence-corrected chi connectivity index (χ0v) is 18.4. The van der Waals surface area contributed by atoms with Gasteiger partial charge in [0.05, 0.1) is 4.90 Å². The molecule has 0 spiro atoms. The van der Waals surface area contributed by atoms with E-state index in [9.17, 15) is 13.2 Å². The molecule has 0 heterocycles. The number of nitrogens with zero attached hydrogens (tertiary/aromatic N) is 1. The molecule has 0 radical (unpaired) electrons. The Morgan fingerprint density at radius 1 is 1.04 bits per heavy atom. The maximum absolute atomic E-state index is 13.0. The summed E-state index contributed by atoms with van der Waals surface area (Å²) in [7, 11) is -3.78. The van der Waals surface area contributed by atoms with Crippen molar-refractivity contribution in [1.29, 1.82) is 0 Å². The average Bonchev–Trinajstić information content (AvgIpc) is 2.61. The van der Waals surface area contributed by atoms with Crippen molar-refractivity contribution in [2.24, 2.45) is 0 Å². The summed E-state index contributed by atoms with van der Waals surface area (Å²) >= 11 is 0. The molecule has 0 unspecified atom stereocenters. The van der Waals surface area contributed by atoms with Gasteiger partial charge in [-0.25, -0.2) is 8.42 Å². The van der Waals surface area contributed by atoms with E-state index in [2.05, 4.69) is 4.72 Å². The van der Waals surface area contributed by atoms with E-state index in [4.69, 9.17) is 0 Å². The summed E-state index contributed by atoms with van der Waals surface area (Å²) < 4.78 is 28.7. The first-order valence-corrected chi connectivity index (χ1v) is 11.0. The molecule has 152 valence electrons. The first-order chi connectivity index (χ1) is 13.0. The number of carbonyl (C=O) groups excluding carboxylic acids is 1. The Morgan fingerprint density at radius 3 is 2.25 bits per heavy atom. The zero-order chi connectivity index (χ0) is 21.1. The summed E-state index contributed by atoms with van der Waals surface area (Å²) in [6.45, 7) is 12.9. The molecule has 0 aliphatic heterocycles. The Kier molecular flexibility index (Phi) is 6.55. The molecule has 0 aromatic heterocycles. The minimum atomic E-state index is -3.78. The second kappa shape index (κ2) is 8.35. The second-order valence-electron chi connectivity index (χ2n) is 7.89. The number of anilines is 1. The van der Waals surface area contributed by atoms with E-state index in [1.54, 1.807) is 42.2 Å². The average molecular weight is 403 g/mol. The highest BCUT2D eigenvalue weighted by Gasteiger charge is 2.22. The van der Waals surface area contributed by atoms with Crippen molar-refractivity contribution in [1.82, 2.24) is 4.90 Å². The van der Waals surface area contributed by atoms with Gasteiger partial charge in [0, 0.05) is 24.3 Å². The molecule has 0 aliphatic rings. The fourth-order valence-corrected chi connectivity index (χ4v) is 4.30. The Bertz CT molecular complexity index is 956. The van der Waals surface area contributed by atoms with E-state index in [1.807, 2.05) is 46.8 Å². The minimum Gasteiger partial charge on any atom is -0.339 e. The number of amides is 1. The topological polar surface area (TPSA) is 66.5 Å². The summed E-state index contributed by atoms with van der Waals surface area (Å²) in [5, 5.41) is 0. The van der Waals surface area contributed by atoms with E-state index >= 15 is 0 Å². The lowest BCUT2D eigenvalue weighted by Gasteiger charge is -2.21. The number of aryl methyl sites for hydroxylation is 1. The first-order valence-electron chi connectivity index (χ1n) is 9.53. The third-order valence-electron chi connectivity index (χ3n) is 4.76. The van der Waals surface area contributed by atoms with Crippen LogP contribution in [0.1, 0.15) is 56.1 Å². The standard InChI is InChI=1S/C22H30N2O3S/c1-7-24(8-2)21(25)17-10-9-11-19(14-17)23-28(26,27)20-15-18(22(4,5)6)13-12-16(20)3/h9-15,23H,7-8H2,1-6H3. The first kappa shape index (κ1) is 22.0. The molecule has 2 rings (SSSR count). The van der Waals surface area contributed by atoms with Crippen LogP contribution in [0, 0.1) is 6.92 Å². The molecule has 6 heteroatoms. The minimum absolute atomic E-state index is 0.114. The smallest absolute Gasteiger partial charge is 0.262 e. The fraction of sp³-hybridized carbons (Fsp3) is 0.409. The van der Waals surface area contributed by atoms with Gasteiger partial charge in [-0.2, -0.15) is 0 Å². The molecule has 1 amide bonds. The van der Waals surface area contributed by atoms with Crippen molar-refractivity contribution in [3.05, 3.63) is 59.2 Å². The molecule has 2 aromatic carbocycles. The monoisotopic (exact) mass is 402 g/mol. The molecule has 5 nitrogen and oxygen atoms in total. The number of rotatable bonds is 6. The van der Waals surface area contributed by atoms with E-state index in [-0.39, 0.29) is 16.2 Å². The van der Waals surface area contributed by atoms with Crippen LogP contribution in [-0.2, 0) is 15.4 Å². The van der Waals surface area contributed by atoms with Crippen molar-refractivity contribution in [2.45, 2.75) is 51.9 Å². The van der Waals surface area contributed by atoms with Gasteiger partial charge in [-0.1, -0.05) is 39.0 Å². The van der Waals surface area contributed by atoms with Crippen LogP contribution < -0.4 is 4.72 Å². The third kappa shape index (κ3) is 4.93. The van der Waals surface area contributed by atoms with Crippen molar-refractivity contribution < 1.29 is 13.2 Å². The summed E-state index contributed by atoms with van der Waals surface area (Å²) in [5.74, 6) is -0.114. The van der Waals surface area contributed by atoms with Gasteiger partial charge in [0.25, 0.3) is 15.9 Å². The molecule has 0 atom stereocenters. The highest BCUT2D eigenvalue weighted by atomic mass is 32.2. The van der Waals surface area contributed by atoms with Gasteiger partial charge in [0.15, 0.2) is 0 Å². The third-order valence-corrected chi connectivity index (χ3v) is 6.28. The van der Waals surface area contributed by atoms with Gasteiger partial charge in [-0.15, -0.1) is 0 Å². The fourth-order valence-electron chi connectivity index (χ4n) is 2.98. The van der Waals surface area contributed by atoms with Gasteiger partial charge < -0.3 is 4.90 Å². The molecule has 0 saturated carbocycles. The summed E-state index contributed by atoms with van der Waals surface area (Å²) in [4.78, 5) is 14.5. The van der Waals surface area contributed by atoms with Gasteiger partial charge in [0.2, 0.25) is 0 Å². The van der Waals surface area contributed by atoms with Crippen LogP contribution in [0.5, 0.6) is 0 Å². The molecule has 28 heavy (non-hydrogen) atoms. The van der Waals surface area contributed by atoms with E-state index in [0.717, 1.165) is 5.56 Å². The van der Waals surface area contributed by atoms with Crippen LogP contribution in [0.15, 0.2) is 47.4 Å². The van der Waals surface area contributed by atoms with Crippen molar-refractivity contribution >= 4 is 21.6 Å². The Morgan fingerprint density at radius 2 is 1.68 bits per heavy atom. The number of benzene rings is 2. The second-order valence-corrected chi connectivity index (χ2v) is 9.54. The molecular weight excluding hydrogens is 372 g/mol.